The third kappa shape index (κ3) is 3.25. The molecule has 0 aromatic heterocycles. The summed E-state index contributed by atoms with van der Waals surface area (Å²) >= 11 is 0. The third-order valence-electron chi connectivity index (χ3n) is 5.52. The Bertz CT molecular complexity index is 799. The molecule has 1 unspecified atom stereocenters. The SMILES string of the molecule is CCc1ccc([C@@H]2C(C(=O)OC)=C(C)N=C3CC(C)(C)CC(=O)C32)cc1. The van der Waals surface area contributed by atoms with Crippen LogP contribution in [0, 0.1) is 11.3 Å². The molecule has 0 amide bonds. The van der Waals surface area contributed by atoms with Crippen molar-refractivity contribution in [3.63, 3.8) is 0 Å². The molecule has 26 heavy (non-hydrogen) atoms. The van der Waals surface area contributed by atoms with Crippen LogP contribution in [0.15, 0.2) is 40.5 Å². The average Bonchev–Trinajstić information content (AvgIpc) is 2.59. The van der Waals surface area contributed by atoms with Gasteiger partial charge in [-0.3, -0.25) is 9.79 Å². The summed E-state index contributed by atoms with van der Waals surface area (Å²) in [5.41, 5.74) is 4.20. The maximum Gasteiger partial charge on any atom is 0.336 e. The standard InChI is InChI=1S/C22H27NO3/c1-6-14-7-9-15(10-8-14)19-18(21(25)26-5)13(2)23-16-11-22(3,4)12-17(24)20(16)19/h7-10,19-20H,6,11-12H2,1-5H3/t19-,20?/m1/s1. The number of carbonyl (C=O) groups excluding carboxylic acids is 2. The number of nitrogens with zero attached hydrogens (tertiary/aromatic N) is 1. The largest absolute Gasteiger partial charge is 0.466 e. The number of aliphatic imine (C=N–C) groups is 1. The number of allylic oxidation sites excluding steroid dienone is 1. The number of aryl methyl sites for hydroxylation is 1. The molecule has 2 aliphatic rings. The third-order valence-corrected chi connectivity index (χ3v) is 5.52. The van der Waals surface area contributed by atoms with E-state index in [0.717, 1.165) is 24.1 Å². The highest BCUT2D eigenvalue weighted by Gasteiger charge is 2.47. The Labute approximate surface area is 155 Å². The Morgan fingerprint density at radius 2 is 1.85 bits per heavy atom. The van der Waals surface area contributed by atoms with Crippen LogP contribution in [0.4, 0.5) is 0 Å². The van der Waals surface area contributed by atoms with Gasteiger partial charge >= 0.3 is 5.97 Å². The number of Topliss-reactive ketones (excluding diaryl/α,β-unsaturated/α-hetero) is 1. The monoisotopic (exact) mass is 353 g/mol. The molecule has 4 heteroatoms. The van der Waals surface area contributed by atoms with E-state index in [2.05, 4.69) is 37.9 Å². The molecule has 1 heterocycles. The molecule has 0 radical (unpaired) electrons. The first-order chi connectivity index (χ1) is 12.3. The van der Waals surface area contributed by atoms with Gasteiger partial charge in [-0.25, -0.2) is 4.79 Å². The summed E-state index contributed by atoms with van der Waals surface area (Å²) in [6.07, 6.45) is 2.24. The van der Waals surface area contributed by atoms with Crippen LogP contribution in [0.2, 0.25) is 0 Å². The van der Waals surface area contributed by atoms with Crippen LogP contribution in [0.3, 0.4) is 0 Å². The predicted octanol–water partition coefficient (Wildman–Crippen LogP) is 4.24. The molecule has 0 bridgehead atoms. The van der Waals surface area contributed by atoms with Crippen molar-refractivity contribution in [2.45, 2.75) is 52.9 Å². The van der Waals surface area contributed by atoms with Crippen molar-refractivity contribution in [3.05, 3.63) is 46.7 Å². The van der Waals surface area contributed by atoms with Gasteiger partial charge in [0.2, 0.25) is 0 Å². The van der Waals surface area contributed by atoms with Crippen molar-refractivity contribution < 1.29 is 14.3 Å². The Morgan fingerprint density at radius 1 is 1.19 bits per heavy atom. The van der Waals surface area contributed by atoms with Crippen LogP contribution in [0.25, 0.3) is 0 Å². The average molecular weight is 353 g/mol. The topological polar surface area (TPSA) is 55.7 Å². The van der Waals surface area contributed by atoms with Crippen LogP contribution >= 0.6 is 0 Å². The Hall–Kier alpha value is -2.23. The van der Waals surface area contributed by atoms with Gasteiger partial charge in [-0.1, -0.05) is 45.0 Å². The zero-order chi connectivity index (χ0) is 19.1. The van der Waals surface area contributed by atoms with Crippen molar-refractivity contribution in [1.29, 1.82) is 0 Å². The van der Waals surface area contributed by atoms with Crippen LogP contribution < -0.4 is 0 Å². The molecular weight excluding hydrogens is 326 g/mol. The fourth-order valence-corrected chi connectivity index (χ4v) is 4.29. The lowest BCUT2D eigenvalue weighted by atomic mass is 9.63. The number of methoxy groups -OCH3 is 1. The molecule has 0 N–H and O–H groups in total. The van der Waals surface area contributed by atoms with Gasteiger partial charge in [0, 0.05) is 23.7 Å². The Balaban J connectivity index is 2.15. The predicted molar refractivity (Wildman–Crippen MR) is 102 cm³/mol. The van der Waals surface area contributed by atoms with E-state index in [1.165, 1.54) is 12.7 Å². The van der Waals surface area contributed by atoms with Gasteiger partial charge in [0.1, 0.15) is 5.78 Å². The molecule has 0 spiro atoms. The van der Waals surface area contributed by atoms with Gasteiger partial charge in [-0.15, -0.1) is 0 Å². The highest BCUT2D eigenvalue weighted by atomic mass is 16.5. The van der Waals surface area contributed by atoms with E-state index >= 15 is 0 Å². The summed E-state index contributed by atoms with van der Waals surface area (Å²) < 4.78 is 5.04. The number of esters is 1. The molecule has 1 fully saturated rings. The summed E-state index contributed by atoms with van der Waals surface area (Å²) in [7, 11) is 1.38. The lowest BCUT2D eigenvalue weighted by Gasteiger charge is -2.41. The van der Waals surface area contributed by atoms with E-state index in [0.29, 0.717) is 17.7 Å². The number of hydrogen-bond donors (Lipinski definition) is 0. The first kappa shape index (κ1) is 18.6. The summed E-state index contributed by atoms with van der Waals surface area (Å²) in [4.78, 5) is 30.3. The first-order valence-electron chi connectivity index (χ1n) is 9.25. The molecule has 1 aromatic rings. The van der Waals surface area contributed by atoms with E-state index in [4.69, 9.17) is 4.74 Å². The van der Waals surface area contributed by atoms with Crippen LogP contribution in [0.5, 0.6) is 0 Å². The molecule has 1 aromatic carbocycles. The lowest BCUT2D eigenvalue weighted by Crippen LogP contribution is -2.44. The Kier molecular flexibility index (Phi) is 4.87. The number of rotatable bonds is 3. The molecule has 138 valence electrons. The number of carbonyl (C=O) groups is 2. The van der Waals surface area contributed by atoms with E-state index in [-0.39, 0.29) is 23.0 Å². The van der Waals surface area contributed by atoms with Crippen molar-refractivity contribution in [2.24, 2.45) is 16.3 Å². The number of ether oxygens (including phenoxy) is 1. The zero-order valence-corrected chi connectivity index (χ0v) is 16.3. The minimum atomic E-state index is -0.396. The molecule has 0 saturated heterocycles. The normalized spacial score (nSPS) is 24.8. The van der Waals surface area contributed by atoms with Crippen molar-refractivity contribution in [2.75, 3.05) is 7.11 Å². The quantitative estimate of drug-likeness (QED) is 0.764. The second-order valence-electron chi connectivity index (χ2n) is 8.13. The first-order valence-corrected chi connectivity index (χ1v) is 9.25. The minimum Gasteiger partial charge on any atom is -0.466 e. The summed E-state index contributed by atoms with van der Waals surface area (Å²) in [6, 6.07) is 8.22. The van der Waals surface area contributed by atoms with E-state index < -0.39 is 5.97 Å². The van der Waals surface area contributed by atoms with Gasteiger partial charge in [-0.2, -0.15) is 0 Å². The van der Waals surface area contributed by atoms with Gasteiger partial charge < -0.3 is 4.74 Å². The molecule has 1 aliphatic heterocycles. The molecule has 1 aliphatic carbocycles. The van der Waals surface area contributed by atoms with Gasteiger partial charge in [0.15, 0.2) is 0 Å². The van der Waals surface area contributed by atoms with Crippen LogP contribution in [-0.2, 0) is 20.7 Å². The second kappa shape index (κ2) is 6.82. The number of benzene rings is 1. The molecule has 1 saturated carbocycles. The number of hydrogen-bond acceptors (Lipinski definition) is 4. The number of ketones is 1. The molecule has 2 atom stereocenters. The van der Waals surface area contributed by atoms with Crippen molar-refractivity contribution in [3.8, 4) is 0 Å². The van der Waals surface area contributed by atoms with Crippen LogP contribution in [0.1, 0.15) is 57.6 Å². The van der Waals surface area contributed by atoms with Crippen molar-refractivity contribution in [1.82, 2.24) is 0 Å². The van der Waals surface area contributed by atoms with Gasteiger partial charge in [-0.05, 0) is 36.3 Å². The van der Waals surface area contributed by atoms with Crippen molar-refractivity contribution >= 4 is 17.5 Å². The number of fused-ring (bicyclic) bond motifs is 1. The summed E-state index contributed by atoms with van der Waals surface area (Å²) in [5.74, 6) is -0.913. The van der Waals surface area contributed by atoms with Crippen LogP contribution in [-0.4, -0.2) is 24.6 Å². The summed E-state index contributed by atoms with van der Waals surface area (Å²) in [6.45, 7) is 8.15. The fourth-order valence-electron chi connectivity index (χ4n) is 4.29. The van der Waals surface area contributed by atoms with E-state index in [1.807, 2.05) is 19.1 Å². The zero-order valence-electron chi connectivity index (χ0n) is 16.3. The highest BCUT2D eigenvalue weighted by Crippen LogP contribution is 2.46. The van der Waals surface area contributed by atoms with Gasteiger partial charge in [0.25, 0.3) is 0 Å². The maximum absolute atomic E-state index is 13.1. The lowest BCUT2D eigenvalue weighted by molar-refractivity contribution is -0.136. The highest BCUT2D eigenvalue weighted by molar-refractivity contribution is 6.12. The van der Waals surface area contributed by atoms with E-state index in [9.17, 15) is 9.59 Å². The summed E-state index contributed by atoms with van der Waals surface area (Å²) in [5, 5.41) is 0. The minimum absolute atomic E-state index is 0.0912. The Morgan fingerprint density at radius 3 is 2.42 bits per heavy atom. The fraction of sp³-hybridized carbons (Fsp3) is 0.500. The molecule has 4 nitrogen and oxygen atoms in total. The maximum atomic E-state index is 13.1. The smallest absolute Gasteiger partial charge is 0.336 e. The van der Waals surface area contributed by atoms with Gasteiger partial charge in [0.05, 0.1) is 18.6 Å². The molecular formula is C22H27NO3. The second-order valence-corrected chi connectivity index (χ2v) is 8.13. The van der Waals surface area contributed by atoms with E-state index in [1.54, 1.807) is 0 Å². The molecule has 3 rings (SSSR count).